The summed E-state index contributed by atoms with van der Waals surface area (Å²) in [7, 11) is 3.45. The third kappa shape index (κ3) is 4.48. The SMILES string of the molecule is CN[C@@H](C)C(=O)N[C@H](C(=O)N1C[C@@H](OC)C[C@H]1C)C1CCCCC1. The topological polar surface area (TPSA) is 70.7 Å². The number of hydrogen-bond donors (Lipinski definition) is 2. The van der Waals surface area contributed by atoms with Crippen molar-refractivity contribution in [1.82, 2.24) is 15.5 Å². The molecule has 6 nitrogen and oxygen atoms in total. The fourth-order valence-electron chi connectivity index (χ4n) is 3.90. The molecule has 2 N–H and O–H groups in total. The van der Waals surface area contributed by atoms with Gasteiger partial charge in [0.05, 0.1) is 12.1 Å². The maximum absolute atomic E-state index is 13.2. The standard InChI is InChI=1S/C18H33N3O3/c1-12-10-15(24-4)11-21(12)18(23)16(14-8-6-5-7-9-14)20-17(22)13(2)19-3/h12-16,19H,5-11H2,1-4H3,(H,20,22)/t12-,13+,15+,16+/m1/s1. The van der Waals surface area contributed by atoms with Gasteiger partial charge in [-0.25, -0.2) is 0 Å². The molecule has 138 valence electrons. The quantitative estimate of drug-likeness (QED) is 0.765. The normalized spacial score (nSPS) is 27.8. The Balaban J connectivity index is 2.11. The van der Waals surface area contributed by atoms with E-state index in [0.29, 0.717) is 6.54 Å². The van der Waals surface area contributed by atoms with Gasteiger partial charge >= 0.3 is 0 Å². The lowest BCUT2D eigenvalue weighted by Crippen LogP contribution is -2.56. The highest BCUT2D eigenvalue weighted by Crippen LogP contribution is 2.29. The first kappa shape index (κ1) is 19.2. The number of likely N-dealkylation sites (N-methyl/N-ethyl adjacent to an activating group) is 1. The Labute approximate surface area is 145 Å². The zero-order chi connectivity index (χ0) is 17.7. The van der Waals surface area contributed by atoms with Crippen LogP contribution in [0.4, 0.5) is 0 Å². The number of amides is 2. The van der Waals surface area contributed by atoms with Gasteiger partial charge in [0.25, 0.3) is 0 Å². The van der Waals surface area contributed by atoms with Crippen LogP contribution in [0, 0.1) is 5.92 Å². The van der Waals surface area contributed by atoms with Crippen LogP contribution in [0.25, 0.3) is 0 Å². The number of hydrogen-bond acceptors (Lipinski definition) is 4. The Hall–Kier alpha value is -1.14. The third-order valence-electron chi connectivity index (χ3n) is 5.66. The zero-order valence-corrected chi connectivity index (χ0v) is 15.5. The van der Waals surface area contributed by atoms with Crippen molar-refractivity contribution >= 4 is 11.8 Å². The number of likely N-dealkylation sites (tertiary alicyclic amines) is 1. The van der Waals surface area contributed by atoms with Gasteiger partial charge in [0.15, 0.2) is 0 Å². The summed E-state index contributed by atoms with van der Waals surface area (Å²) in [4.78, 5) is 27.5. The molecular formula is C18H33N3O3. The molecule has 1 saturated carbocycles. The Morgan fingerprint density at radius 1 is 1.21 bits per heavy atom. The maximum Gasteiger partial charge on any atom is 0.245 e. The summed E-state index contributed by atoms with van der Waals surface area (Å²) >= 11 is 0. The van der Waals surface area contributed by atoms with Gasteiger partial charge < -0.3 is 20.3 Å². The van der Waals surface area contributed by atoms with Crippen LogP contribution >= 0.6 is 0 Å². The van der Waals surface area contributed by atoms with Gasteiger partial charge in [-0.1, -0.05) is 19.3 Å². The Morgan fingerprint density at radius 3 is 2.42 bits per heavy atom. The number of rotatable bonds is 6. The molecule has 1 saturated heterocycles. The van der Waals surface area contributed by atoms with Crippen molar-refractivity contribution in [2.75, 3.05) is 20.7 Å². The molecule has 1 heterocycles. The lowest BCUT2D eigenvalue weighted by molar-refractivity contribution is -0.139. The van der Waals surface area contributed by atoms with Crippen LogP contribution in [0.1, 0.15) is 52.4 Å². The summed E-state index contributed by atoms with van der Waals surface area (Å²) in [6, 6.07) is -0.551. The van der Waals surface area contributed by atoms with Crippen LogP contribution < -0.4 is 10.6 Å². The van der Waals surface area contributed by atoms with E-state index in [1.54, 1.807) is 14.2 Å². The number of carbonyl (C=O) groups is 2. The minimum atomic E-state index is -0.411. The van der Waals surface area contributed by atoms with Crippen molar-refractivity contribution in [3.63, 3.8) is 0 Å². The first-order chi connectivity index (χ1) is 11.5. The van der Waals surface area contributed by atoms with Crippen LogP contribution in [-0.4, -0.2) is 61.6 Å². The van der Waals surface area contributed by atoms with E-state index in [2.05, 4.69) is 17.6 Å². The Kier molecular flexibility index (Phi) is 7.04. The van der Waals surface area contributed by atoms with E-state index in [9.17, 15) is 9.59 Å². The molecule has 0 radical (unpaired) electrons. The van der Waals surface area contributed by atoms with E-state index < -0.39 is 6.04 Å². The molecule has 1 aliphatic carbocycles. The van der Waals surface area contributed by atoms with E-state index in [1.165, 1.54) is 6.42 Å². The highest BCUT2D eigenvalue weighted by molar-refractivity contribution is 5.90. The second kappa shape index (κ2) is 8.81. The van der Waals surface area contributed by atoms with E-state index in [1.807, 2.05) is 11.8 Å². The molecule has 2 rings (SSSR count). The molecule has 0 unspecified atom stereocenters. The molecule has 0 aromatic rings. The van der Waals surface area contributed by atoms with Gasteiger partial charge in [-0.2, -0.15) is 0 Å². The summed E-state index contributed by atoms with van der Waals surface area (Å²) < 4.78 is 5.43. The van der Waals surface area contributed by atoms with Gasteiger partial charge in [-0.05, 0) is 46.1 Å². The summed E-state index contributed by atoms with van der Waals surface area (Å²) in [6.07, 6.45) is 6.50. The lowest BCUT2D eigenvalue weighted by atomic mass is 9.83. The molecular weight excluding hydrogens is 306 g/mol. The van der Waals surface area contributed by atoms with Crippen molar-refractivity contribution in [1.29, 1.82) is 0 Å². The molecule has 0 aromatic heterocycles. The summed E-state index contributed by atoms with van der Waals surface area (Å²) in [6.45, 7) is 4.50. The largest absolute Gasteiger partial charge is 0.380 e. The van der Waals surface area contributed by atoms with Gasteiger partial charge in [-0.3, -0.25) is 9.59 Å². The molecule has 2 fully saturated rings. The molecule has 0 spiro atoms. The van der Waals surface area contributed by atoms with Crippen molar-refractivity contribution < 1.29 is 14.3 Å². The number of ether oxygens (including phenoxy) is 1. The zero-order valence-electron chi connectivity index (χ0n) is 15.5. The first-order valence-electron chi connectivity index (χ1n) is 9.28. The van der Waals surface area contributed by atoms with Gasteiger partial charge in [0.1, 0.15) is 6.04 Å². The lowest BCUT2D eigenvalue weighted by Gasteiger charge is -2.34. The minimum Gasteiger partial charge on any atom is -0.380 e. The van der Waals surface area contributed by atoms with Crippen LogP contribution in [0.3, 0.4) is 0 Å². The number of nitrogens with zero attached hydrogens (tertiary/aromatic N) is 1. The predicted molar refractivity (Wildman–Crippen MR) is 93.6 cm³/mol. The third-order valence-corrected chi connectivity index (χ3v) is 5.66. The molecule has 2 amide bonds. The fraction of sp³-hybridized carbons (Fsp3) is 0.889. The van der Waals surface area contributed by atoms with E-state index in [4.69, 9.17) is 4.74 Å². The highest BCUT2D eigenvalue weighted by Gasteiger charge is 2.39. The highest BCUT2D eigenvalue weighted by atomic mass is 16.5. The maximum atomic E-state index is 13.2. The van der Waals surface area contributed by atoms with E-state index in [-0.39, 0.29) is 35.9 Å². The molecule has 0 aromatic carbocycles. The molecule has 0 bridgehead atoms. The summed E-state index contributed by atoms with van der Waals surface area (Å²) in [5.41, 5.74) is 0. The second-order valence-electron chi connectivity index (χ2n) is 7.33. The number of methoxy groups -OCH3 is 1. The number of nitrogens with one attached hydrogen (secondary N) is 2. The molecule has 6 heteroatoms. The van der Waals surface area contributed by atoms with Crippen LogP contribution in [0.5, 0.6) is 0 Å². The minimum absolute atomic E-state index is 0.0607. The van der Waals surface area contributed by atoms with E-state index in [0.717, 1.165) is 32.1 Å². The molecule has 1 aliphatic heterocycles. The van der Waals surface area contributed by atoms with Crippen molar-refractivity contribution in [2.45, 2.75) is 76.6 Å². The van der Waals surface area contributed by atoms with Gasteiger partial charge in [-0.15, -0.1) is 0 Å². The fourth-order valence-corrected chi connectivity index (χ4v) is 3.90. The second-order valence-corrected chi connectivity index (χ2v) is 7.33. The average molecular weight is 339 g/mol. The van der Waals surface area contributed by atoms with E-state index >= 15 is 0 Å². The summed E-state index contributed by atoms with van der Waals surface area (Å²) in [5.74, 6) is 0.204. The molecule has 2 aliphatic rings. The molecule has 24 heavy (non-hydrogen) atoms. The monoisotopic (exact) mass is 339 g/mol. The van der Waals surface area contributed by atoms with Crippen molar-refractivity contribution in [3.8, 4) is 0 Å². The molecule has 4 atom stereocenters. The van der Waals surface area contributed by atoms with Crippen molar-refractivity contribution in [3.05, 3.63) is 0 Å². The van der Waals surface area contributed by atoms with Crippen LogP contribution in [0.15, 0.2) is 0 Å². The van der Waals surface area contributed by atoms with Crippen LogP contribution in [-0.2, 0) is 14.3 Å². The van der Waals surface area contributed by atoms with Crippen molar-refractivity contribution in [2.24, 2.45) is 5.92 Å². The average Bonchev–Trinajstić information content (AvgIpc) is 2.99. The van der Waals surface area contributed by atoms with Gasteiger partial charge in [0.2, 0.25) is 11.8 Å². The smallest absolute Gasteiger partial charge is 0.245 e. The predicted octanol–water partition coefficient (Wildman–Crippen LogP) is 1.30. The first-order valence-corrected chi connectivity index (χ1v) is 9.28. The Bertz CT molecular complexity index is 437. The Morgan fingerprint density at radius 2 is 1.88 bits per heavy atom. The van der Waals surface area contributed by atoms with Gasteiger partial charge in [0, 0.05) is 19.7 Å². The number of carbonyl (C=O) groups excluding carboxylic acids is 2. The van der Waals surface area contributed by atoms with Crippen LogP contribution in [0.2, 0.25) is 0 Å². The summed E-state index contributed by atoms with van der Waals surface area (Å²) in [5, 5.41) is 5.98.